The van der Waals surface area contributed by atoms with Gasteiger partial charge in [-0.25, -0.2) is 4.79 Å². The van der Waals surface area contributed by atoms with Crippen molar-refractivity contribution in [3.63, 3.8) is 0 Å². The van der Waals surface area contributed by atoms with Gasteiger partial charge in [-0.1, -0.05) is 44.2 Å². The van der Waals surface area contributed by atoms with Gasteiger partial charge in [0.15, 0.2) is 6.61 Å². The zero-order valence-corrected chi connectivity index (χ0v) is 17.3. The van der Waals surface area contributed by atoms with Gasteiger partial charge in [0.1, 0.15) is 6.04 Å². The lowest BCUT2D eigenvalue weighted by molar-refractivity contribution is -0.157. The summed E-state index contributed by atoms with van der Waals surface area (Å²) in [6.07, 6.45) is 3.23. The molecule has 1 aromatic carbocycles. The van der Waals surface area contributed by atoms with E-state index in [-0.39, 0.29) is 42.8 Å². The fraction of sp³-hybridized carbons (Fsp3) is 0.591. The summed E-state index contributed by atoms with van der Waals surface area (Å²) < 4.78 is 5.28. The molecule has 1 fully saturated rings. The van der Waals surface area contributed by atoms with Gasteiger partial charge in [-0.15, -0.1) is 0 Å². The van der Waals surface area contributed by atoms with E-state index in [9.17, 15) is 14.4 Å². The largest absolute Gasteiger partial charge is 0.454 e. The minimum Gasteiger partial charge on any atom is -0.454 e. The number of hydrogen-bond acceptors (Lipinski definition) is 4. The van der Waals surface area contributed by atoms with Crippen LogP contribution < -0.4 is 5.32 Å². The van der Waals surface area contributed by atoms with Crippen LogP contribution in [0.25, 0.3) is 0 Å². The van der Waals surface area contributed by atoms with Gasteiger partial charge >= 0.3 is 5.97 Å². The predicted molar refractivity (Wildman–Crippen MR) is 107 cm³/mol. The highest BCUT2D eigenvalue weighted by Gasteiger charge is 2.31. The molecule has 1 heterocycles. The van der Waals surface area contributed by atoms with Crippen LogP contribution in [0.5, 0.6) is 0 Å². The molecule has 28 heavy (non-hydrogen) atoms. The van der Waals surface area contributed by atoms with Gasteiger partial charge in [0.2, 0.25) is 5.91 Å². The molecule has 1 N–H and O–H groups in total. The van der Waals surface area contributed by atoms with Crippen molar-refractivity contribution in [1.82, 2.24) is 10.2 Å². The van der Waals surface area contributed by atoms with Crippen molar-refractivity contribution in [2.45, 2.75) is 71.5 Å². The van der Waals surface area contributed by atoms with Crippen molar-refractivity contribution in [3.8, 4) is 0 Å². The van der Waals surface area contributed by atoms with Crippen molar-refractivity contribution in [1.29, 1.82) is 0 Å². The Kier molecular flexibility index (Phi) is 8.03. The topological polar surface area (TPSA) is 75.7 Å². The van der Waals surface area contributed by atoms with E-state index in [2.05, 4.69) is 5.32 Å². The van der Waals surface area contributed by atoms with Gasteiger partial charge < -0.3 is 15.0 Å². The molecule has 6 nitrogen and oxygen atoms in total. The molecule has 0 aromatic heterocycles. The molecule has 0 bridgehead atoms. The first-order valence-corrected chi connectivity index (χ1v) is 10.1. The number of carbonyl (C=O) groups is 3. The summed E-state index contributed by atoms with van der Waals surface area (Å²) in [5, 5.41) is 2.75. The van der Waals surface area contributed by atoms with Crippen molar-refractivity contribution >= 4 is 17.8 Å². The highest BCUT2D eigenvalue weighted by Crippen LogP contribution is 2.22. The third-order valence-corrected chi connectivity index (χ3v) is 5.26. The Labute approximate surface area is 167 Å². The van der Waals surface area contributed by atoms with Crippen molar-refractivity contribution in [3.05, 3.63) is 35.9 Å². The predicted octanol–water partition coefficient (Wildman–Crippen LogP) is 2.70. The van der Waals surface area contributed by atoms with Crippen molar-refractivity contribution in [2.75, 3.05) is 6.61 Å². The van der Waals surface area contributed by atoms with Crippen LogP contribution in [0.2, 0.25) is 0 Å². The number of piperidine rings is 1. The molecule has 1 aliphatic heterocycles. The van der Waals surface area contributed by atoms with E-state index < -0.39 is 12.0 Å². The number of ether oxygens (including phenoxy) is 1. The summed E-state index contributed by atoms with van der Waals surface area (Å²) in [7, 11) is 0. The van der Waals surface area contributed by atoms with E-state index in [1.54, 1.807) is 0 Å². The van der Waals surface area contributed by atoms with E-state index >= 15 is 0 Å². The Morgan fingerprint density at radius 3 is 2.29 bits per heavy atom. The average Bonchev–Trinajstić information content (AvgIpc) is 2.64. The van der Waals surface area contributed by atoms with Crippen LogP contribution >= 0.6 is 0 Å². The van der Waals surface area contributed by atoms with Gasteiger partial charge in [-0.05, 0) is 44.6 Å². The Bertz CT molecular complexity index is 664. The minimum atomic E-state index is -0.778. The molecule has 0 radical (unpaired) electrons. The highest BCUT2D eigenvalue weighted by atomic mass is 16.5. The van der Waals surface area contributed by atoms with Crippen molar-refractivity contribution < 1.29 is 19.1 Å². The molecule has 1 saturated heterocycles. The standard InChI is InChI=1S/C22H32N2O4/c1-15(2)21(23-19(25)13-18-11-6-5-7-12-18)22(27)28-14-20(26)24-16(3)9-8-10-17(24)4/h5-7,11-12,15-17,21H,8-10,13-14H2,1-4H3,(H,23,25)/t16-,17+,21-/m0/s1. The monoisotopic (exact) mass is 388 g/mol. The highest BCUT2D eigenvalue weighted by molar-refractivity contribution is 5.87. The molecule has 0 spiro atoms. The quantitative estimate of drug-likeness (QED) is 0.729. The molecule has 0 saturated carbocycles. The van der Waals surface area contributed by atoms with Gasteiger partial charge in [0.25, 0.3) is 5.91 Å². The number of esters is 1. The molecule has 0 unspecified atom stereocenters. The number of nitrogens with one attached hydrogen (secondary N) is 1. The number of carbonyl (C=O) groups excluding carboxylic acids is 3. The lowest BCUT2D eigenvalue weighted by Gasteiger charge is -2.39. The first-order valence-electron chi connectivity index (χ1n) is 10.1. The van der Waals surface area contributed by atoms with Crippen LogP contribution in [0.15, 0.2) is 30.3 Å². The summed E-state index contributed by atoms with van der Waals surface area (Å²) in [5.74, 6) is -1.13. The van der Waals surface area contributed by atoms with Crippen molar-refractivity contribution in [2.24, 2.45) is 5.92 Å². The Morgan fingerprint density at radius 1 is 1.11 bits per heavy atom. The Hall–Kier alpha value is -2.37. The summed E-state index contributed by atoms with van der Waals surface area (Å²) >= 11 is 0. The number of nitrogens with zero attached hydrogens (tertiary/aromatic N) is 1. The molecule has 6 heteroatoms. The van der Waals surface area contributed by atoms with Crippen LogP contribution in [0.3, 0.4) is 0 Å². The van der Waals surface area contributed by atoms with E-state index in [4.69, 9.17) is 4.74 Å². The molecular formula is C22H32N2O4. The normalized spacial score (nSPS) is 20.5. The Morgan fingerprint density at radius 2 is 1.71 bits per heavy atom. The van der Waals surface area contributed by atoms with Crippen LogP contribution in [-0.4, -0.2) is 47.4 Å². The number of hydrogen-bond donors (Lipinski definition) is 1. The van der Waals surface area contributed by atoms with Gasteiger partial charge in [0, 0.05) is 12.1 Å². The number of amides is 2. The molecule has 3 atom stereocenters. The lowest BCUT2D eigenvalue weighted by Crippen LogP contribution is -2.50. The average molecular weight is 389 g/mol. The second-order valence-corrected chi connectivity index (χ2v) is 7.99. The molecule has 0 aliphatic carbocycles. The van der Waals surface area contributed by atoms with E-state index in [1.807, 2.05) is 62.9 Å². The van der Waals surface area contributed by atoms with E-state index in [1.165, 1.54) is 0 Å². The SMILES string of the molecule is CC(C)[C@H](NC(=O)Cc1ccccc1)C(=O)OCC(=O)N1[C@H](C)CCC[C@@H]1C. The smallest absolute Gasteiger partial charge is 0.329 e. The maximum atomic E-state index is 12.5. The van der Waals surface area contributed by atoms with Crippen LogP contribution in [0.4, 0.5) is 0 Å². The molecule has 2 amide bonds. The van der Waals surface area contributed by atoms with Crippen LogP contribution in [-0.2, 0) is 25.5 Å². The Balaban J connectivity index is 1.89. The van der Waals surface area contributed by atoms with Crippen LogP contribution in [0.1, 0.15) is 52.5 Å². The molecular weight excluding hydrogens is 356 g/mol. The second-order valence-electron chi connectivity index (χ2n) is 7.99. The van der Waals surface area contributed by atoms with E-state index in [0.29, 0.717) is 0 Å². The molecule has 2 rings (SSSR count). The minimum absolute atomic E-state index is 0.143. The summed E-state index contributed by atoms with van der Waals surface area (Å²) in [6.45, 7) is 7.44. The van der Waals surface area contributed by atoms with Gasteiger partial charge in [0.05, 0.1) is 6.42 Å². The van der Waals surface area contributed by atoms with Gasteiger partial charge in [-0.3, -0.25) is 9.59 Å². The number of rotatable bonds is 7. The maximum Gasteiger partial charge on any atom is 0.329 e. The first kappa shape index (κ1) is 21.9. The van der Waals surface area contributed by atoms with Gasteiger partial charge in [-0.2, -0.15) is 0 Å². The fourth-order valence-corrected chi connectivity index (χ4v) is 3.71. The third-order valence-electron chi connectivity index (χ3n) is 5.26. The zero-order valence-electron chi connectivity index (χ0n) is 17.3. The second kappa shape index (κ2) is 10.2. The number of benzene rings is 1. The molecule has 1 aliphatic rings. The molecule has 154 valence electrons. The zero-order chi connectivity index (χ0) is 20.7. The summed E-state index contributed by atoms with van der Waals surface area (Å²) in [5.41, 5.74) is 0.874. The van der Waals surface area contributed by atoms with Crippen LogP contribution in [0, 0.1) is 5.92 Å². The third kappa shape index (κ3) is 6.08. The first-order chi connectivity index (χ1) is 13.3. The fourth-order valence-electron chi connectivity index (χ4n) is 3.71. The maximum absolute atomic E-state index is 12.5. The lowest BCUT2D eigenvalue weighted by atomic mass is 9.97. The summed E-state index contributed by atoms with van der Waals surface area (Å²) in [4.78, 5) is 39.2. The number of likely N-dealkylation sites (tertiary alicyclic amines) is 1. The van der Waals surface area contributed by atoms with E-state index in [0.717, 1.165) is 24.8 Å². The summed E-state index contributed by atoms with van der Waals surface area (Å²) in [6, 6.07) is 8.87. The molecule has 1 aromatic rings.